The number of esters is 1. The highest BCUT2D eigenvalue weighted by molar-refractivity contribution is 5.69. The first-order chi connectivity index (χ1) is 15.6. The molecule has 32 heavy (non-hydrogen) atoms. The molecular weight excluding hydrogens is 400 g/mol. The van der Waals surface area contributed by atoms with Crippen LogP contribution in [0.1, 0.15) is 42.4 Å². The van der Waals surface area contributed by atoms with Gasteiger partial charge in [0.25, 0.3) is 0 Å². The van der Waals surface area contributed by atoms with E-state index in [2.05, 4.69) is 40.1 Å². The largest absolute Gasteiger partial charge is 0.489 e. The van der Waals surface area contributed by atoms with E-state index < -0.39 is 0 Å². The minimum Gasteiger partial charge on any atom is -0.489 e. The fourth-order valence-corrected chi connectivity index (χ4v) is 3.83. The van der Waals surface area contributed by atoms with E-state index in [-0.39, 0.29) is 11.4 Å². The van der Waals surface area contributed by atoms with Gasteiger partial charge < -0.3 is 9.47 Å². The molecule has 0 atom stereocenters. The van der Waals surface area contributed by atoms with Crippen LogP contribution < -0.4 is 4.74 Å². The summed E-state index contributed by atoms with van der Waals surface area (Å²) in [5.41, 5.74) is 5.16. The van der Waals surface area contributed by atoms with Crippen molar-refractivity contribution in [2.45, 2.75) is 44.1 Å². The van der Waals surface area contributed by atoms with Crippen molar-refractivity contribution in [1.82, 2.24) is 4.98 Å². The Hall–Kier alpha value is -3.65. The van der Waals surface area contributed by atoms with Crippen LogP contribution in [0.5, 0.6) is 5.75 Å². The molecule has 3 aromatic rings. The topological polar surface area (TPSA) is 72.2 Å². The molecule has 5 nitrogen and oxygen atoms in total. The summed E-state index contributed by atoms with van der Waals surface area (Å²) in [6, 6.07) is 20.7. The fraction of sp³-hybridized carbons (Fsp3) is 0.296. The van der Waals surface area contributed by atoms with Gasteiger partial charge in [-0.2, -0.15) is 5.26 Å². The molecule has 0 saturated heterocycles. The zero-order chi connectivity index (χ0) is 22.4. The summed E-state index contributed by atoms with van der Waals surface area (Å²) in [7, 11) is 1.41. The van der Waals surface area contributed by atoms with Crippen molar-refractivity contribution in [3.05, 3.63) is 83.7 Å². The van der Waals surface area contributed by atoms with Crippen molar-refractivity contribution in [3.63, 3.8) is 0 Å². The molecule has 1 fully saturated rings. The van der Waals surface area contributed by atoms with E-state index in [1.54, 1.807) is 6.20 Å². The second-order valence-electron chi connectivity index (χ2n) is 8.17. The lowest BCUT2D eigenvalue weighted by atomic mass is 9.94. The van der Waals surface area contributed by atoms with Gasteiger partial charge in [0.15, 0.2) is 0 Å². The highest BCUT2D eigenvalue weighted by atomic mass is 16.5. The van der Waals surface area contributed by atoms with Crippen molar-refractivity contribution < 1.29 is 14.3 Å². The molecule has 5 heteroatoms. The highest BCUT2D eigenvalue weighted by Gasteiger charge is 2.44. The molecule has 0 bridgehead atoms. The summed E-state index contributed by atoms with van der Waals surface area (Å²) in [5.74, 6) is 0.612. The predicted molar refractivity (Wildman–Crippen MR) is 122 cm³/mol. The van der Waals surface area contributed by atoms with Crippen LogP contribution in [0.2, 0.25) is 0 Å². The predicted octanol–water partition coefficient (Wildman–Crippen LogP) is 5.38. The highest BCUT2D eigenvalue weighted by Crippen LogP contribution is 2.47. The Morgan fingerprint density at radius 2 is 1.84 bits per heavy atom. The van der Waals surface area contributed by atoms with Crippen LogP contribution >= 0.6 is 0 Å². The first-order valence-electron chi connectivity index (χ1n) is 10.9. The number of carbonyl (C=O) groups excluding carboxylic acids is 1. The molecule has 1 aliphatic rings. The molecule has 0 aliphatic heterocycles. The molecule has 1 aliphatic carbocycles. The van der Waals surface area contributed by atoms with Crippen LogP contribution in [-0.2, 0) is 28.0 Å². The normalized spacial score (nSPS) is 13.8. The summed E-state index contributed by atoms with van der Waals surface area (Å²) >= 11 is 0. The Labute approximate surface area is 188 Å². The summed E-state index contributed by atoms with van der Waals surface area (Å²) in [4.78, 5) is 15.5. The van der Waals surface area contributed by atoms with Crippen molar-refractivity contribution in [2.75, 3.05) is 7.11 Å². The number of aryl methyl sites for hydroxylation is 1. The van der Waals surface area contributed by atoms with Gasteiger partial charge in [-0.15, -0.1) is 0 Å². The second-order valence-corrected chi connectivity index (χ2v) is 8.17. The number of hydrogen-bond acceptors (Lipinski definition) is 5. The molecule has 1 saturated carbocycles. The van der Waals surface area contributed by atoms with Gasteiger partial charge in [0.2, 0.25) is 0 Å². The minimum atomic E-state index is -0.270. The Balaban J connectivity index is 1.38. The average molecular weight is 427 g/mol. The van der Waals surface area contributed by atoms with Crippen molar-refractivity contribution in [1.29, 1.82) is 5.26 Å². The molecular formula is C27H26N2O3. The molecule has 0 amide bonds. The number of aromatic nitrogens is 1. The van der Waals surface area contributed by atoms with Crippen molar-refractivity contribution in [3.8, 4) is 22.9 Å². The fourth-order valence-electron chi connectivity index (χ4n) is 3.83. The van der Waals surface area contributed by atoms with Gasteiger partial charge in [0.05, 0.1) is 18.6 Å². The standard InChI is InChI=1S/C27H26N2O3/c1-31-26(30)4-2-3-20-5-11-24(12-6-20)32-18-22-17-29-16-13-25(22)21-7-9-23(10-8-21)27(19-28)14-15-27/h5-13,16-17H,2-4,14-15,18H2,1H3. The lowest BCUT2D eigenvalue weighted by Crippen LogP contribution is -2.02. The van der Waals surface area contributed by atoms with Crippen molar-refractivity contribution in [2.24, 2.45) is 0 Å². The average Bonchev–Trinajstić information content (AvgIpc) is 3.65. The van der Waals surface area contributed by atoms with Gasteiger partial charge in [0, 0.05) is 24.4 Å². The number of rotatable bonds is 9. The maximum absolute atomic E-state index is 11.2. The molecule has 0 radical (unpaired) electrons. The maximum atomic E-state index is 11.2. The molecule has 2 aromatic carbocycles. The smallest absolute Gasteiger partial charge is 0.305 e. The monoisotopic (exact) mass is 426 g/mol. The number of hydrogen-bond donors (Lipinski definition) is 0. The van der Waals surface area contributed by atoms with Gasteiger partial charge >= 0.3 is 5.97 Å². The molecule has 162 valence electrons. The van der Waals surface area contributed by atoms with Gasteiger partial charge in [-0.1, -0.05) is 36.4 Å². The summed E-state index contributed by atoms with van der Waals surface area (Å²) in [6.45, 7) is 0.411. The summed E-state index contributed by atoms with van der Waals surface area (Å²) in [6.07, 6.45) is 7.53. The Kier molecular flexibility index (Phi) is 6.51. The van der Waals surface area contributed by atoms with E-state index in [0.717, 1.165) is 59.3 Å². The Morgan fingerprint density at radius 3 is 2.50 bits per heavy atom. The third-order valence-corrected chi connectivity index (χ3v) is 6.01. The van der Waals surface area contributed by atoms with E-state index in [1.807, 2.05) is 36.5 Å². The zero-order valence-corrected chi connectivity index (χ0v) is 18.2. The number of benzene rings is 2. The van der Waals surface area contributed by atoms with Gasteiger partial charge in [-0.3, -0.25) is 9.78 Å². The third-order valence-electron chi connectivity index (χ3n) is 6.01. The Bertz CT molecular complexity index is 1110. The second kappa shape index (κ2) is 9.65. The van der Waals surface area contributed by atoms with E-state index in [0.29, 0.717) is 13.0 Å². The van der Waals surface area contributed by atoms with Gasteiger partial charge in [-0.05, 0) is 66.1 Å². The van der Waals surface area contributed by atoms with Crippen LogP contribution in [0.4, 0.5) is 0 Å². The number of nitriles is 1. The summed E-state index contributed by atoms with van der Waals surface area (Å²) < 4.78 is 10.7. The SMILES string of the molecule is COC(=O)CCCc1ccc(OCc2cnccc2-c2ccc(C3(C#N)CC3)cc2)cc1. The number of pyridine rings is 1. The first-order valence-corrected chi connectivity index (χ1v) is 10.9. The lowest BCUT2D eigenvalue weighted by Gasteiger charge is -2.13. The molecule has 1 aromatic heterocycles. The van der Waals surface area contributed by atoms with Crippen LogP contribution in [0.15, 0.2) is 67.0 Å². The number of carbonyl (C=O) groups is 1. The molecule has 4 rings (SSSR count). The number of methoxy groups -OCH3 is 1. The third kappa shape index (κ3) is 4.97. The number of ether oxygens (including phenoxy) is 2. The Morgan fingerprint density at radius 1 is 1.09 bits per heavy atom. The van der Waals surface area contributed by atoms with E-state index in [9.17, 15) is 10.1 Å². The quantitative estimate of drug-likeness (QED) is 0.430. The minimum absolute atomic E-state index is 0.177. The first kappa shape index (κ1) is 21.6. The lowest BCUT2D eigenvalue weighted by molar-refractivity contribution is -0.140. The van der Waals surface area contributed by atoms with E-state index in [4.69, 9.17) is 4.74 Å². The molecule has 0 N–H and O–H groups in total. The van der Waals surface area contributed by atoms with Gasteiger partial charge in [-0.25, -0.2) is 0 Å². The maximum Gasteiger partial charge on any atom is 0.305 e. The molecule has 0 spiro atoms. The zero-order valence-electron chi connectivity index (χ0n) is 18.2. The van der Waals surface area contributed by atoms with Crippen LogP contribution in [-0.4, -0.2) is 18.1 Å². The summed E-state index contributed by atoms with van der Waals surface area (Å²) in [5, 5.41) is 9.42. The van der Waals surface area contributed by atoms with E-state index >= 15 is 0 Å². The van der Waals surface area contributed by atoms with Crippen LogP contribution in [0, 0.1) is 11.3 Å². The van der Waals surface area contributed by atoms with Crippen LogP contribution in [0.25, 0.3) is 11.1 Å². The number of nitrogens with zero attached hydrogens (tertiary/aromatic N) is 2. The van der Waals surface area contributed by atoms with E-state index in [1.165, 1.54) is 7.11 Å². The van der Waals surface area contributed by atoms with Crippen LogP contribution in [0.3, 0.4) is 0 Å². The molecule has 1 heterocycles. The van der Waals surface area contributed by atoms with Gasteiger partial charge in [0.1, 0.15) is 12.4 Å². The van der Waals surface area contributed by atoms with Crippen molar-refractivity contribution >= 4 is 5.97 Å². The molecule has 0 unspecified atom stereocenters.